The SMILES string of the molecule is CN(C)Cc1cc(Cl)ccc1S(N)(=O)=O. The van der Waals surface area contributed by atoms with Crippen molar-refractivity contribution in [3.05, 3.63) is 28.8 Å². The molecule has 0 amide bonds. The molecule has 84 valence electrons. The lowest BCUT2D eigenvalue weighted by molar-refractivity contribution is 0.398. The van der Waals surface area contributed by atoms with Gasteiger partial charge in [0.1, 0.15) is 0 Å². The van der Waals surface area contributed by atoms with E-state index in [1.807, 2.05) is 19.0 Å². The van der Waals surface area contributed by atoms with E-state index in [4.69, 9.17) is 16.7 Å². The molecule has 0 aromatic heterocycles. The lowest BCUT2D eigenvalue weighted by atomic mass is 10.2. The van der Waals surface area contributed by atoms with Crippen LogP contribution in [0.4, 0.5) is 0 Å². The molecule has 4 nitrogen and oxygen atoms in total. The smallest absolute Gasteiger partial charge is 0.238 e. The molecule has 0 unspecified atom stereocenters. The fraction of sp³-hybridized carbons (Fsp3) is 0.333. The van der Waals surface area contributed by atoms with Crippen LogP contribution in [0.25, 0.3) is 0 Å². The number of halogens is 1. The number of hydrogen-bond donors (Lipinski definition) is 1. The van der Waals surface area contributed by atoms with Crippen LogP contribution in [0.3, 0.4) is 0 Å². The van der Waals surface area contributed by atoms with Gasteiger partial charge in [0, 0.05) is 11.6 Å². The molecule has 15 heavy (non-hydrogen) atoms. The zero-order valence-corrected chi connectivity index (χ0v) is 10.1. The van der Waals surface area contributed by atoms with E-state index in [0.717, 1.165) is 0 Å². The predicted octanol–water partition coefficient (Wildman–Crippen LogP) is 1.05. The van der Waals surface area contributed by atoms with Crippen LogP contribution in [0, 0.1) is 0 Å². The van der Waals surface area contributed by atoms with E-state index < -0.39 is 10.0 Å². The standard InChI is InChI=1S/C9H13ClN2O2S/c1-12(2)6-7-5-8(10)3-4-9(7)15(11,13)14/h3-5H,6H2,1-2H3,(H2,11,13,14). The van der Waals surface area contributed by atoms with Crippen LogP contribution >= 0.6 is 11.6 Å². The maximum Gasteiger partial charge on any atom is 0.238 e. The van der Waals surface area contributed by atoms with Crippen molar-refractivity contribution in [1.82, 2.24) is 4.90 Å². The number of hydrogen-bond acceptors (Lipinski definition) is 3. The van der Waals surface area contributed by atoms with Gasteiger partial charge in [-0.15, -0.1) is 0 Å². The second-order valence-corrected chi connectivity index (χ2v) is 5.50. The maximum atomic E-state index is 11.3. The highest BCUT2D eigenvalue weighted by atomic mass is 35.5. The van der Waals surface area contributed by atoms with Gasteiger partial charge in [0.15, 0.2) is 0 Å². The largest absolute Gasteiger partial charge is 0.305 e. The number of nitrogens with zero attached hydrogens (tertiary/aromatic N) is 1. The third-order valence-electron chi connectivity index (χ3n) is 1.82. The van der Waals surface area contributed by atoms with Crippen molar-refractivity contribution in [2.75, 3.05) is 14.1 Å². The minimum atomic E-state index is -3.68. The van der Waals surface area contributed by atoms with Crippen LogP contribution in [-0.4, -0.2) is 27.4 Å². The highest BCUT2D eigenvalue weighted by Gasteiger charge is 2.14. The number of sulfonamides is 1. The third-order valence-corrected chi connectivity index (χ3v) is 3.06. The molecule has 0 saturated carbocycles. The van der Waals surface area contributed by atoms with Crippen LogP contribution in [0.2, 0.25) is 5.02 Å². The van der Waals surface area contributed by atoms with E-state index in [9.17, 15) is 8.42 Å². The topological polar surface area (TPSA) is 63.4 Å². The number of nitrogens with two attached hydrogens (primary N) is 1. The molecule has 6 heteroatoms. The van der Waals surface area contributed by atoms with E-state index in [-0.39, 0.29) is 4.90 Å². The summed E-state index contributed by atoms with van der Waals surface area (Å²) in [6, 6.07) is 4.55. The quantitative estimate of drug-likeness (QED) is 0.870. The van der Waals surface area contributed by atoms with E-state index in [0.29, 0.717) is 17.1 Å². The molecule has 1 aromatic rings. The van der Waals surface area contributed by atoms with Crippen molar-refractivity contribution in [3.8, 4) is 0 Å². The Kier molecular flexibility index (Phi) is 3.72. The van der Waals surface area contributed by atoms with Gasteiger partial charge in [0.2, 0.25) is 10.0 Å². The van der Waals surface area contributed by atoms with Gasteiger partial charge in [0.25, 0.3) is 0 Å². The lowest BCUT2D eigenvalue weighted by Crippen LogP contribution is -2.18. The Hall–Kier alpha value is -0.620. The molecule has 1 rings (SSSR count). The first-order valence-corrected chi connectivity index (χ1v) is 6.19. The van der Waals surface area contributed by atoms with Crippen LogP contribution in [0.5, 0.6) is 0 Å². The summed E-state index contributed by atoms with van der Waals surface area (Å²) in [5, 5.41) is 5.59. The first-order valence-electron chi connectivity index (χ1n) is 4.26. The second-order valence-electron chi connectivity index (χ2n) is 3.53. The Morgan fingerprint density at radius 1 is 1.40 bits per heavy atom. The van der Waals surface area contributed by atoms with Gasteiger partial charge in [0.05, 0.1) is 4.90 Å². The zero-order chi connectivity index (χ0) is 11.6. The van der Waals surface area contributed by atoms with Crippen LogP contribution in [-0.2, 0) is 16.6 Å². The Bertz CT molecular complexity index is 457. The molecular weight excluding hydrogens is 236 g/mol. The highest BCUT2D eigenvalue weighted by Crippen LogP contribution is 2.20. The zero-order valence-electron chi connectivity index (χ0n) is 8.57. The van der Waals surface area contributed by atoms with Crippen molar-refractivity contribution in [2.45, 2.75) is 11.4 Å². The van der Waals surface area contributed by atoms with Gasteiger partial charge in [-0.1, -0.05) is 11.6 Å². The minimum Gasteiger partial charge on any atom is -0.305 e. The van der Waals surface area contributed by atoms with Crippen molar-refractivity contribution in [2.24, 2.45) is 5.14 Å². The van der Waals surface area contributed by atoms with Crippen LogP contribution in [0.15, 0.2) is 23.1 Å². The van der Waals surface area contributed by atoms with E-state index >= 15 is 0 Å². The predicted molar refractivity (Wildman–Crippen MR) is 60.2 cm³/mol. The van der Waals surface area contributed by atoms with Gasteiger partial charge < -0.3 is 4.90 Å². The number of rotatable bonds is 3. The molecule has 0 spiro atoms. The lowest BCUT2D eigenvalue weighted by Gasteiger charge is -2.13. The fourth-order valence-electron chi connectivity index (χ4n) is 1.29. The summed E-state index contributed by atoms with van der Waals surface area (Å²) in [5.74, 6) is 0. The normalized spacial score (nSPS) is 12.1. The molecule has 2 N–H and O–H groups in total. The van der Waals surface area contributed by atoms with E-state index in [2.05, 4.69) is 0 Å². The molecule has 0 aliphatic rings. The summed E-state index contributed by atoms with van der Waals surface area (Å²) in [6.45, 7) is 0.478. The Labute approximate surface area is 94.7 Å². The summed E-state index contributed by atoms with van der Waals surface area (Å²) < 4.78 is 22.5. The first kappa shape index (κ1) is 12.4. The molecule has 0 radical (unpaired) electrons. The average Bonchev–Trinajstić information content (AvgIpc) is 1.99. The molecule has 0 saturated heterocycles. The molecular formula is C9H13ClN2O2S. The van der Waals surface area contributed by atoms with Crippen molar-refractivity contribution >= 4 is 21.6 Å². The molecule has 0 fully saturated rings. The summed E-state index contributed by atoms with van der Waals surface area (Å²) in [5.41, 5.74) is 0.606. The highest BCUT2D eigenvalue weighted by molar-refractivity contribution is 7.89. The minimum absolute atomic E-state index is 0.126. The third kappa shape index (κ3) is 3.46. The van der Waals surface area contributed by atoms with Crippen LogP contribution < -0.4 is 5.14 Å². The van der Waals surface area contributed by atoms with E-state index in [1.54, 1.807) is 6.07 Å². The molecule has 0 aliphatic carbocycles. The van der Waals surface area contributed by atoms with Gasteiger partial charge in [-0.05, 0) is 37.9 Å². The number of primary sulfonamides is 1. The average molecular weight is 249 g/mol. The van der Waals surface area contributed by atoms with Crippen molar-refractivity contribution in [1.29, 1.82) is 0 Å². The molecule has 0 bridgehead atoms. The first-order chi connectivity index (χ1) is 6.80. The van der Waals surface area contributed by atoms with Crippen LogP contribution in [0.1, 0.15) is 5.56 Å². The van der Waals surface area contributed by atoms with Gasteiger partial charge in [-0.25, -0.2) is 13.6 Å². The van der Waals surface area contributed by atoms with Gasteiger partial charge >= 0.3 is 0 Å². The Balaban J connectivity index is 3.27. The van der Waals surface area contributed by atoms with Crippen molar-refractivity contribution < 1.29 is 8.42 Å². The molecule has 0 atom stereocenters. The summed E-state index contributed by atoms with van der Waals surface area (Å²) in [7, 11) is 0.00102. The maximum absolute atomic E-state index is 11.3. The fourth-order valence-corrected chi connectivity index (χ4v) is 2.23. The summed E-state index contributed by atoms with van der Waals surface area (Å²) >= 11 is 5.80. The Morgan fingerprint density at radius 3 is 2.47 bits per heavy atom. The monoisotopic (exact) mass is 248 g/mol. The molecule has 0 aliphatic heterocycles. The molecule has 1 aromatic carbocycles. The number of benzene rings is 1. The second kappa shape index (κ2) is 4.49. The summed E-state index contributed by atoms with van der Waals surface area (Å²) in [6.07, 6.45) is 0. The van der Waals surface area contributed by atoms with E-state index in [1.165, 1.54) is 12.1 Å². The Morgan fingerprint density at radius 2 is 2.00 bits per heavy atom. The summed E-state index contributed by atoms with van der Waals surface area (Å²) in [4.78, 5) is 1.97. The van der Waals surface area contributed by atoms with Gasteiger partial charge in [-0.3, -0.25) is 0 Å². The van der Waals surface area contributed by atoms with Crippen molar-refractivity contribution in [3.63, 3.8) is 0 Å². The molecule has 0 heterocycles. The van der Waals surface area contributed by atoms with Gasteiger partial charge in [-0.2, -0.15) is 0 Å².